The molecule has 0 aliphatic carbocycles. The Bertz CT molecular complexity index is 620. The lowest BCUT2D eigenvalue weighted by Gasteiger charge is -2.24. The second-order valence-corrected chi connectivity index (χ2v) is 7.87. The van der Waals surface area contributed by atoms with Crippen LogP contribution in [-0.4, -0.2) is 46.6 Å². The molecule has 23 heavy (non-hydrogen) atoms. The van der Waals surface area contributed by atoms with Gasteiger partial charge in [0.1, 0.15) is 11.4 Å². The minimum absolute atomic E-state index is 0.102. The second kappa shape index (κ2) is 7.54. The largest absolute Gasteiger partial charge is 0.497 e. The van der Waals surface area contributed by atoms with Gasteiger partial charge < -0.3 is 14.8 Å². The van der Waals surface area contributed by atoms with Crippen molar-refractivity contribution in [2.24, 2.45) is 0 Å². The fourth-order valence-electron chi connectivity index (χ4n) is 1.81. The van der Waals surface area contributed by atoms with Crippen molar-refractivity contribution in [2.45, 2.75) is 26.4 Å². The van der Waals surface area contributed by atoms with Gasteiger partial charge in [-0.1, -0.05) is 0 Å². The third-order valence-corrected chi connectivity index (χ3v) is 3.94. The lowest BCUT2D eigenvalue weighted by molar-refractivity contribution is 0.0529. The van der Waals surface area contributed by atoms with E-state index in [0.29, 0.717) is 11.4 Å². The molecule has 0 radical (unpaired) electrons. The molecule has 1 N–H and O–H groups in total. The van der Waals surface area contributed by atoms with Gasteiger partial charge in [-0.15, -0.1) is 0 Å². The number of nitrogens with zero attached hydrogens (tertiary/aromatic N) is 1. The lowest BCUT2D eigenvalue weighted by atomic mass is 10.2. The van der Waals surface area contributed by atoms with Gasteiger partial charge in [-0.2, -0.15) is 0 Å². The number of ether oxygens (including phenoxy) is 2. The summed E-state index contributed by atoms with van der Waals surface area (Å²) in [5.74, 6) is 0.633. The van der Waals surface area contributed by atoms with E-state index in [1.165, 1.54) is 11.4 Å². The third kappa shape index (κ3) is 6.77. The van der Waals surface area contributed by atoms with Gasteiger partial charge in [0.15, 0.2) is 0 Å². The maximum Gasteiger partial charge on any atom is 0.407 e. The van der Waals surface area contributed by atoms with Gasteiger partial charge in [0, 0.05) is 6.54 Å². The molecule has 0 atom stereocenters. The van der Waals surface area contributed by atoms with Gasteiger partial charge >= 0.3 is 6.09 Å². The van der Waals surface area contributed by atoms with E-state index >= 15 is 0 Å². The summed E-state index contributed by atoms with van der Waals surface area (Å²) in [6.07, 6.45) is 0.533. The summed E-state index contributed by atoms with van der Waals surface area (Å²) in [6.45, 7) is 5.50. The summed E-state index contributed by atoms with van der Waals surface area (Å²) in [5, 5.41) is 2.54. The van der Waals surface area contributed by atoms with Crippen molar-refractivity contribution < 1.29 is 22.7 Å². The molecule has 0 saturated carbocycles. The van der Waals surface area contributed by atoms with E-state index in [4.69, 9.17) is 9.47 Å². The third-order valence-electron chi connectivity index (χ3n) is 2.74. The molecule has 1 amide bonds. The Morgan fingerprint density at radius 3 is 2.22 bits per heavy atom. The van der Waals surface area contributed by atoms with E-state index in [2.05, 4.69) is 5.32 Å². The van der Waals surface area contributed by atoms with Crippen molar-refractivity contribution >= 4 is 21.8 Å². The second-order valence-electron chi connectivity index (χ2n) is 5.96. The van der Waals surface area contributed by atoms with E-state index in [0.717, 1.165) is 6.26 Å². The van der Waals surface area contributed by atoms with Crippen molar-refractivity contribution in [2.75, 3.05) is 30.8 Å². The fraction of sp³-hybridized carbons (Fsp3) is 0.533. The van der Waals surface area contributed by atoms with Crippen molar-refractivity contribution in [3.8, 4) is 5.75 Å². The first-order valence-electron chi connectivity index (χ1n) is 7.11. The number of anilines is 1. The van der Waals surface area contributed by atoms with Gasteiger partial charge in [0.25, 0.3) is 0 Å². The Labute approximate surface area is 137 Å². The molecule has 0 aromatic heterocycles. The molecule has 8 heteroatoms. The van der Waals surface area contributed by atoms with Crippen LogP contribution >= 0.6 is 0 Å². The number of amides is 1. The van der Waals surface area contributed by atoms with Crippen LogP contribution in [0.3, 0.4) is 0 Å². The number of sulfonamides is 1. The van der Waals surface area contributed by atoms with Crippen LogP contribution in [0.25, 0.3) is 0 Å². The molecule has 0 fully saturated rings. The zero-order valence-corrected chi connectivity index (χ0v) is 14.9. The van der Waals surface area contributed by atoms with Gasteiger partial charge in [0.2, 0.25) is 10.0 Å². The molecular formula is C15H24N2O5S. The highest BCUT2D eigenvalue weighted by Gasteiger charge is 2.19. The number of rotatable bonds is 6. The molecule has 0 saturated heterocycles. The zero-order chi connectivity index (χ0) is 17.7. The van der Waals surface area contributed by atoms with Crippen molar-refractivity contribution in [1.29, 1.82) is 0 Å². The van der Waals surface area contributed by atoms with Crippen LogP contribution in [0.1, 0.15) is 20.8 Å². The average molecular weight is 344 g/mol. The number of hydrogen-bond donors (Lipinski definition) is 1. The summed E-state index contributed by atoms with van der Waals surface area (Å²) >= 11 is 0. The molecule has 0 aliphatic rings. The van der Waals surface area contributed by atoms with E-state index in [-0.39, 0.29) is 13.1 Å². The van der Waals surface area contributed by atoms with Crippen LogP contribution in [0.5, 0.6) is 5.75 Å². The number of carbonyl (C=O) groups is 1. The quantitative estimate of drug-likeness (QED) is 0.853. The lowest BCUT2D eigenvalue weighted by Crippen LogP contribution is -2.40. The molecule has 1 aromatic rings. The van der Waals surface area contributed by atoms with E-state index in [1.807, 2.05) is 0 Å². The van der Waals surface area contributed by atoms with Crippen molar-refractivity contribution in [3.05, 3.63) is 24.3 Å². The standard InChI is InChI=1S/C15H24N2O5S/c1-15(2,3)22-14(18)16-10-11-17(23(5,19)20)12-6-8-13(21-4)9-7-12/h6-9H,10-11H2,1-5H3,(H,16,18). The maximum atomic E-state index is 11.9. The van der Waals surface area contributed by atoms with Crippen molar-refractivity contribution in [3.63, 3.8) is 0 Å². The van der Waals surface area contributed by atoms with Gasteiger partial charge in [0.05, 0.1) is 25.6 Å². The summed E-state index contributed by atoms with van der Waals surface area (Å²) in [4.78, 5) is 11.6. The highest BCUT2D eigenvalue weighted by molar-refractivity contribution is 7.92. The Kier molecular flexibility index (Phi) is 6.26. The number of methoxy groups -OCH3 is 1. The Morgan fingerprint density at radius 2 is 1.78 bits per heavy atom. The first-order chi connectivity index (χ1) is 10.5. The van der Waals surface area contributed by atoms with Crippen LogP contribution in [0.15, 0.2) is 24.3 Å². The Balaban J connectivity index is 2.72. The summed E-state index contributed by atoms with van der Waals surface area (Å²) in [6, 6.07) is 6.64. The van der Waals surface area contributed by atoms with E-state index in [9.17, 15) is 13.2 Å². The topological polar surface area (TPSA) is 84.9 Å². The van der Waals surface area contributed by atoms with Gasteiger partial charge in [-0.3, -0.25) is 4.31 Å². The normalized spacial score (nSPS) is 11.7. The smallest absolute Gasteiger partial charge is 0.407 e. The molecule has 0 heterocycles. The molecule has 7 nitrogen and oxygen atoms in total. The monoisotopic (exact) mass is 344 g/mol. The minimum Gasteiger partial charge on any atom is -0.497 e. The maximum absolute atomic E-state index is 11.9. The first-order valence-corrected chi connectivity index (χ1v) is 8.96. The molecule has 1 aromatic carbocycles. The molecule has 0 bridgehead atoms. The minimum atomic E-state index is -3.47. The molecule has 0 spiro atoms. The number of carbonyl (C=O) groups excluding carboxylic acids is 1. The van der Waals surface area contributed by atoms with Crippen LogP contribution in [0, 0.1) is 0 Å². The number of alkyl carbamates (subject to hydrolysis) is 1. The molecule has 130 valence electrons. The van der Waals surface area contributed by atoms with Gasteiger partial charge in [-0.25, -0.2) is 13.2 Å². The zero-order valence-electron chi connectivity index (χ0n) is 14.1. The predicted octanol–water partition coefficient (Wildman–Crippen LogP) is 1.99. The molecular weight excluding hydrogens is 320 g/mol. The first kappa shape index (κ1) is 19.1. The highest BCUT2D eigenvalue weighted by atomic mass is 32.2. The predicted molar refractivity (Wildman–Crippen MR) is 89.4 cm³/mol. The van der Waals surface area contributed by atoms with Crippen LogP contribution in [0.4, 0.5) is 10.5 Å². The number of benzene rings is 1. The fourth-order valence-corrected chi connectivity index (χ4v) is 2.74. The van der Waals surface area contributed by atoms with Gasteiger partial charge in [-0.05, 0) is 45.0 Å². The molecule has 0 aliphatic heterocycles. The van der Waals surface area contributed by atoms with E-state index < -0.39 is 21.7 Å². The molecule has 0 unspecified atom stereocenters. The SMILES string of the molecule is COc1ccc(N(CCNC(=O)OC(C)(C)C)S(C)(=O)=O)cc1. The van der Waals surface area contributed by atoms with Crippen LogP contribution < -0.4 is 14.4 Å². The Morgan fingerprint density at radius 1 is 1.22 bits per heavy atom. The summed E-state index contributed by atoms with van der Waals surface area (Å²) < 4.78 is 35.3. The highest BCUT2D eigenvalue weighted by Crippen LogP contribution is 2.21. The van der Waals surface area contributed by atoms with Crippen LogP contribution in [0.2, 0.25) is 0 Å². The Hall–Kier alpha value is -1.96. The molecule has 1 rings (SSSR count). The van der Waals surface area contributed by atoms with Crippen molar-refractivity contribution in [1.82, 2.24) is 5.32 Å². The summed E-state index contributed by atoms with van der Waals surface area (Å²) in [7, 11) is -1.93. The average Bonchev–Trinajstić information content (AvgIpc) is 2.40. The van der Waals surface area contributed by atoms with E-state index in [1.54, 1.807) is 45.0 Å². The number of hydrogen-bond acceptors (Lipinski definition) is 5. The van der Waals surface area contributed by atoms with Crippen LogP contribution in [-0.2, 0) is 14.8 Å². The summed E-state index contributed by atoms with van der Waals surface area (Å²) in [5.41, 5.74) is -0.101. The number of nitrogens with one attached hydrogen (secondary N) is 1.